The number of hydrogen-bond acceptors (Lipinski definition) is 8. The van der Waals surface area contributed by atoms with Gasteiger partial charge in [-0.15, -0.1) is 22.7 Å². The molecule has 6 nitrogen and oxygen atoms in total. The van der Waals surface area contributed by atoms with E-state index in [1.54, 1.807) is 22.7 Å². The van der Waals surface area contributed by atoms with E-state index in [0.29, 0.717) is 0 Å². The van der Waals surface area contributed by atoms with Crippen LogP contribution < -0.4 is 10.6 Å². The van der Waals surface area contributed by atoms with Crippen LogP contribution in [-0.2, 0) is 0 Å². The first-order valence-corrected chi connectivity index (χ1v) is 14.5. The van der Waals surface area contributed by atoms with E-state index in [9.17, 15) is 9.59 Å². The number of nitrogens with one attached hydrogen (secondary N) is 2. The van der Waals surface area contributed by atoms with Crippen molar-refractivity contribution in [2.75, 3.05) is 66.5 Å². The standard InChI is InChI=1S/C8H18N2.C7H16N2.2C6H6OS/c1-9-5-8-10-6-3-2-4-7-10;1-8-4-7-9-5-2-3-6-9;2*1-5-2-6(3-7)4-8-5/h9H,2-8H2,1H3;8H,2-7H2,1H3;2*2-4H,1H3. The number of thiophene rings is 2. The highest BCUT2D eigenvalue weighted by Gasteiger charge is 2.09. The molecule has 2 aliphatic rings. The van der Waals surface area contributed by atoms with Crippen LogP contribution in [0.3, 0.4) is 0 Å². The fourth-order valence-corrected chi connectivity index (χ4v) is 5.08. The van der Waals surface area contributed by atoms with Crippen molar-refractivity contribution in [3.05, 3.63) is 43.8 Å². The number of carbonyl (C=O) groups excluding carboxylic acids is 2. The molecule has 198 valence electrons. The van der Waals surface area contributed by atoms with Crippen LogP contribution in [0.1, 0.15) is 62.6 Å². The lowest BCUT2D eigenvalue weighted by molar-refractivity contribution is 0.111. The van der Waals surface area contributed by atoms with E-state index in [4.69, 9.17) is 0 Å². The van der Waals surface area contributed by atoms with Crippen molar-refractivity contribution < 1.29 is 9.59 Å². The molecule has 0 saturated carbocycles. The summed E-state index contributed by atoms with van der Waals surface area (Å²) in [6.07, 6.45) is 8.80. The van der Waals surface area contributed by atoms with E-state index in [0.717, 1.165) is 36.8 Å². The second kappa shape index (κ2) is 20.7. The highest BCUT2D eigenvalue weighted by Crippen LogP contribution is 2.11. The molecule has 2 saturated heterocycles. The SMILES string of the molecule is CNCCN1CCCC1.CNCCN1CCCCC1.Cc1cc(C=O)cs1.Cc1cc(C=O)cs1. The van der Waals surface area contributed by atoms with Crippen LogP contribution in [0.4, 0.5) is 0 Å². The summed E-state index contributed by atoms with van der Waals surface area (Å²) in [4.78, 5) is 27.5. The maximum Gasteiger partial charge on any atom is 0.150 e. The molecule has 4 rings (SSSR count). The number of nitrogens with zero attached hydrogens (tertiary/aromatic N) is 2. The maximum absolute atomic E-state index is 10.0. The Bertz CT molecular complexity index is 737. The summed E-state index contributed by atoms with van der Waals surface area (Å²) in [7, 11) is 4.03. The van der Waals surface area contributed by atoms with Crippen molar-refractivity contribution in [3.8, 4) is 0 Å². The molecule has 0 aliphatic carbocycles. The Hall–Kier alpha value is -1.42. The molecule has 0 amide bonds. The Morgan fingerprint density at radius 2 is 1.09 bits per heavy atom. The van der Waals surface area contributed by atoms with Crippen molar-refractivity contribution in [2.24, 2.45) is 0 Å². The van der Waals surface area contributed by atoms with Crippen molar-refractivity contribution >= 4 is 35.2 Å². The van der Waals surface area contributed by atoms with Gasteiger partial charge in [-0.25, -0.2) is 0 Å². The van der Waals surface area contributed by atoms with Gasteiger partial charge >= 0.3 is 0 Å². The molecular formula is C27H46N4O2S2. The largest absolute Gasteiger partial charge is 0.318 e. The number of aryl methyl sites for hydroxylation is 2. The summed E-state index contributed by atoms with van der Waals surface area (Å²) in [5.74, 6) is 0. The summed E-state index contributed by atoms with van der Waals surface area (Å²) in [6.45, 7) is 14.0. The molecule has 0 unspecified atom stereocenters. The number of rotatable bonds is 8. The molecule has 8 heteroatoms. The molecule has 35 heavy (non-hydrogen) atoms. The van der Waals surface area contributed by atoms with Gasteiger partial charge < -0.3 is 20.4 Å². The van der Waals surface area contributed by atoms with E-state index >= 15 is 0 Å². The maximum atomic E-state index is 10.0. The Morgan fingerprint density at radius 1 is 0.714 bits per heavy atom. The molecule has 0 radical (unpaired) electrons. The molecule has 0 bridgehead atoms. The first-order valence-electron chi connectivity index (χ1n) is 12.8. The molecule has 0 aromatic carbocycles. The Morgan fingerprint density at radius 3 is 1.34 bits per heavy atom. The highest BCUT2D eigenvalue weighted by molar-refractivity contribution is 7.10. The zero-order chi connectivity index (χ0) is 25.7. The minimum atomic E-state index is 0.785. The zero-order valence-corrected chi connectivity index (χ0v) is 23.8. The molecule has 2 aromatic heterocycles. The lowest BCUT2D eigenvalue weighted by Crippen LogP contribution is -2.34. The van der Waals surface area contributed by atoms with Crippen molar-refractivity contribution in [1.29, 1.82) is 0 Å². The normalized spacial score (nSPS) is 15.7. The number of carbonyl (C=O) groups is 2. The number of likely N-dealkylation sites (N-methyl/N-ethyl adjacent to an activating group) is 2. The summed E-state index contributed by atoms with van der Waals surface area (Å²) in [5, 5.41) is 10.0. The molecule has 4 heterocycles. The van der Waals surface area contributed by atoms with Crippen molar-refractivity contribution in [3.63, 3.8) is 0 Å². The lowest BCUT2D eigenvalue weighted by Gasteiger charge is -2.25. The van der Waals surface area contributed by atoms with Crippen molar-refractivity contribution in [1.82, 2.24) is 20.4 Å². The van der Waals surface area contributed by atoms with Crippen LogP contribution in [-0.4, -0.2) is 88.8 Å². The quantitative estimate of drug-likeness (QED) is 0.489. The first-order chi connectivity index (χ1) is 17.0. The molecule has 2 aromatic rings. The van der Waals surface area contributed by atoms with Gasteiger partial charge in [0, 0.05) is 57.8 Å². The van der Waals surface area contributed by atoms with Gasteiger partial charge in [-0.05, 0) is 91.9 Å². The number of likely N-dealkylation sites (tertiary alicyclic amines) is 2. The average Bonchev–Trinajstić information content (AvgIpc) is 3.66. The van der Waals surface area contributed by atoms with E-state index in [2.05, 4.69) is 20.4 Å². The third-order valence-corrected chi connectivity index (χ3v) is 7.54. The van der Waals surface area contributed by atoms with E-state index in [1.165, 1.54) is 81.1 Å². The van der Waals surface area contributed by atoms with E-state index < -0.39 is 0 Å². The molecule has 0 spiro atoms. The minimum absolute atomic E-state index is 0.785. The predicted molar refractivity (Wildman–Crippen MR) is 153 cm³/mol. The van der Waals surface area contributed by atoms with Crippen LogP contribution >= 0.6 is 22.7 Å². The van der Waals surface area contributed by atoms with Gasteiger partial charge in [-0.3, -0.25) is 9.59 Å². The second-order valence-electron chi connectivity index (χ2n) is 8.88. The van der Waals surface area contributed by atoms with Crippen LogP contribution in [0.5, 0.6) is 0 Å². The topological polar surface area (TPSA) is 64.7 Å². The number of hydrogen-bond donors (Lipinski definition) is 2. The smallest absolute Gasteiger partial charge is 0.150 e. The lowest BCUT2D eigenvalue weighted by atomic mass is 10.1. The van der Waals surface area contributed by atoms with Gasteiger partial charge in [0.15, 0.2) is 12.6 Å². The molecule has 2 N–H and O–H groups in total. The zero-order valence-electron chi connectivity index (χ0n) is 22.2. The minimum Gasteiger partial charge on any atom is -0.318 e. The molecule has 2 fully saturated rings. The monoisotopic (exact) mass is 522 g/mol. The average molecular weight is 523 g/mol. The summed E-state index contributed by atoms with van der Waals surface area (Å²) >= 11 is 3.20. The second-order valence-corrected chi connectivity index (χ2v) is 11.1. The van der Waals surface area contributed by atoms with Crippen LogP contribution in [0.2, 0.25) is 0 Å². The van der Waals surface area contributed by atoms with E-state index in [1.807, 2.05) is 50.8 Å². The van der Waals surface area contributed by atoms with Crippen molar-refractivity contribution in [2.45, 2.75) is 46.0 Å². The number of piperidine rings is 1. The highest BCUT2D eigenvalue weighted by atomic mass is 32.1. The Kier molecular flexibility index (Phi) is 18.7. The first kappa shape index (κ1) is 31.6. The summed E-state index contributed by atoms with van der Waals surface area (Å²) in [5.41, 5.74) is 1.57. The Balaban J connectivity index is 0.000000234. The van der Waals surface area contributed by atoms with Crippen LogP contribution in [0.25, 0.3) is 0 Å². The third-order valence-electron chi connectivity index (χ3n) is 5.78. The fourth-order valence-electron chi connectivity index (χ4n) is 3.78. The van der Waals surface area contributed by atoms with Gasteiger partial charge in [0.25, 0.3) is 0 Å². The van der Waals surface area contributed by atoms with Crippen LogP contribution in [0, 0.1) is 13.8 Å². The van der Waals surface area contributed by atoms with Gasteiger partial charge in [-0.1, -0.05) is 6.42 Å². The summed E-state index contributed by atoms with van der Waals surface area (Å²) < 4.78 is 0. The molecule has 0 atom stereocenters. The number of aldehydes is 2. The fraction of sp³-hybridized carbons (Fsp3) is 0.630. The van der Waals surface area contributed by atoms with Gasteiger partial charge in [0.2, 0.25) is 0 Å². The van der Waals surface area contributed by atoms with Gasteiger partial charge in [0.05, 0.1) is 0 Å². The van der Waals surface area contributed by atoms with Gasteiger partial charge in [-0.2, -0.15) is 0 Å². The third kappa shape index (κ3) is 16.0. The predicted octanol–water partition coefficient (Wildman–Crippen LogP) is 4.73. The Labute approximate surface area is 221 Å². The van der Waals surface area contributed by atoms with Gasteiger partial charge in [0.1, 0.15) is 0 Å². The summed E-state index contributed by atoms with van der Waals surface area (Å²) in [6, 6.07) is 3.75. The van der Waals surface area contributed by atoms with E-state index in [-0.39, 0.29) is 0 Å². The molecule has 2 aliphatic heterocycles. The molecular weight excluding hydrogens is 476 g/mol. The van der Waals surface area contributed by atoms with Crippen LogP contribution in [0.15, 0.2) is 22.9 Å².